The van der Waals surface area contributed by atoms with E-state index in [-0.39, 0.29) is 5.91 Å². The van der Waals surface area contributed by atoms with Gasteiger partial charge in [-0.15, -0.1) is 11.3 Å². The lowest BCUT2D eigenvalue weighted by atomic mass is 10.1. The second-order valence-corrected chi connectivity index (χ2v) is 5.79. The fourth-order valence-electron chi connectivity index (χ4n) is 0.732. The Morgan fingerprint density at radius 1 is 1.79 bits per heavy atom. The molecule has 14 heavy (non-hydrogen) atoms. The van der Waals surface area contributed by atoms with Crippen molar-refractivity contribution in [3.05, 3.63) is 14.1 Å². The summed E-state index contributed by atoms with van der Waals surface area (Å²) in [5, 5.41) is 13.0. The van der Waals surface area contributed by atoms with E-state index in [1.807, 2.05) is 28.7 Å². The standard InChI is InChI=1S/C8H8IN3OS/c1-8(2,4-10)12-6(13)5-3-14-7(9)11-5/h3H,1-2H3,(H,12,13). The maximum absolute atomic E-state index is 11.5. The van der Waals surface area contributed by atoms with E-state index >= 15 is 0 Å². The summed E-state index contributed by atoms with van der Waals surface area (Å²) < 4.78 is 0.808. The van der Waals surface area contributed by atoms with E-state index in [2.05, 4.69) is 10.3 Å². The molecule has 1 aromatic rings. The number of thiazole rings is 1. The van der Waals surface area contributed by atoms with Gasteiger partial charge in [0.15, 0.2) is 3.01 Å². The van der Waals surface area contributed by atoms with E-state index < -0.39 is 5.54 Å². The molecule has 74 valence electrons. The molecule has 0 atom stereocenters. The average Bonchev–Trinajstić information content (AvgIpc) is 2.51. The van der Waals surface area contributed by atoms with E-state index in [0.717, 1.165) is 3.01 Å². The number of nitriles is 1. The van der Waals surface area contributed by atoms with Crippen molar-refractivity contribution in [2.45, 2.75) is 19.4 Å². The zero-order valence-corrected chi connectivity index (χ0v) is 10.6. The third-order valence-electron chi connectivity index (χ3n) is 1.41. The number of rotatable bonds is 2. The van der Waals surface area contributed by atoms with Crippen LogP contribution in [-0.2, 0) is 0 Å². The smallest absolute Gasteiger partial charge is 0.272 e. The molecule has 0 aliphatic heterocycles. The summed E-state index contributed by atoms with van der Waals surface area (Å²) >= 11 is 3.44. The van der Waals surface area contributed by atoms with Gasteiger partial charge in [0.25, 0.3) is 5.91 Å². The van der Waals surface area contributed by atoms with E-state index in [1.54, 1.807) is 19.2 Å². The number of nitrogens with zero attached hydrogens (tertiary/aromatic N) is 2. The summed E-state index contributed by atoms with van der Waals surface area (Å²) in [4.78, 5) is 15.5. The average molecular weight is 321 g/mol. The minimum atomic E-state index is -0.855. The lowest BCUT2D eigenvalue weighted by Gasteiger charge is -2.16. The maximum Gasteiger partial charge on any atom is 0.272 e. The number of amides is 1. The molecule has 0 aliphatic rings. The Balaban J connectivity index is 2.74. The first-order valence-corrected chi connectivity index (χ1v) is 5.75. The molecule has 0 aromatic carbocycles. The molecule has 1 N–H and O–H groups in total. The van der Waals surface area contributed by atoms with E-state index in [0.29, 0.717) is 5.69 Å². The lowest BCUT2D eigenvalue weighted by Crippen LogP contribution is -2.42. The van der Waals surface area contributed by atoms with Gasteiger partial charge in [0.05, 0.1) is 6.07 Å². The van der Waals surface area contributed by atoms with Gasteiger partial charge >= 0.3 is 0 Å². The van der Waals surface area contributed by atoms with Crippen molar-refractivity contribution in [3.8, 4) is 6.07 Å². The molecule has 0 saturated heterocycles. The molecule has 1 amide bonds. The third kappa shape index (κ3) is 2.92. The number of aromatic nitrogens is 1. The SMILES string of the molecule is CC(C)(C#N)NC(=O)c1csc(I)n1. The highest BCUT2D eigenvalue weighted by Gasteiger charge is 2.21. The summed E-state index contributed by atoms with van der Waals surface area (Å²) in [7, 11) is 0. The molecule has 0 radical (unpaired) electrons. The molecule has 0 aliphatic carbocycles. The molecular weight excluding hydrogens is 313 g/mol. The Morgan fingerprint density at radius 2 is 2.43 bits per heavy atom. The van der Waals surface area contributed by atoms with E-state index in [1.165, 1.54) is 11.3 Å². The van der Waals surface area contributed by atoms with Crippen LogP contribution in [0, 0.1) is 14.3 Å². The minimum Gasteiger partial charge on any atom is -0.333 e. The van der Waals surface area contributed by atoms with Crippen molar-refractivity contribution < 1.29 is 4.79 Å². The normalized spacial score (nSPS) is 10.7. The lowest BCUT2D eigenvalue weighted by molar-refractivity contribution is 0.0924. The molecular formula is C8H8IN3OS. The van der Waals surface area contributed by atoms with E-state index in [4.69, 9.17) is 5.26 Å². The molecule has 4 nitrogen and oxygen atoms in total. The Kier molecular flexibility index (Phi) is 3.44. The van der Waals surface area contributed by atoms with Gasteiger partial charge in [-0.25, -0.2) is 4.98 Å². The van der Waals surface area contributed by atoms with Crippen molar-refractivity contribution >= 4 is 39.8 Å². The Labute approximate surface area is 99.5 Å². The molecule has 1 aromatic heterocycles. The van der Waals surface area contributed by atoms with Crippen molar-refractivity contribution in [1.82, 2.24) is 10.3 Å². The van der Waals surface area contributed by atoms with Crippen molar-refractivity contribution in [2.75, 3.05) is 0 Å². The van der Waals surface area contributed by atoms with Gasteiger partial charge in [-0.3, -0.25) is 4.79 Å². The zero-order chi connectivity index (χ0) is 10.8. The summed E-state index contributed by atoms with van der Waals surface area (Å²) in [6, 6.07) is 1.99. The van der Waals surface area contributed by atoms with Gasteiger partial charge in [0, 0.05) is 5.38 Å². The van der Waals surface area contributed by atoms with E-state index in [9.17, 15) is 4.79 Å². The minimum absolute atomic E-state index is 0.310. The van der Waals surface area contributed by atoms with Crippen molar-refractivity contribution in [2.24, 2.45) is 0 Å². The quantitative estimate of drug-likeness (QED) is 0.845. The number of halogens is 1. The zero-order valence-electron chi connectivity index (χ0n) is 7.67. The first-order chi connectivity index (χ1) is 6.44. The van der Waals surface area contributed by atoms with Gasteiger partial charge < -0.3 is 5.32 Å². The topological polar surface area (TPSA) is 65.8 Å². The van der Waals surface area contributed by atoms with Crippen LogP contribution in [0.15, 0.2) is 5.38 Å². The molecule has 1 heterocycles. The van der Waals surface area contributed by atoms with Gasteiger partial charge in [0.1, 0.15) is 11.2 Å². The van der Waals surface area contributed by atoms with Crippen LogP contribution in [0.3, 0.4) is 0 Å². The van der Waals surface area contributed by atoms with Crippen LogP contribution in [0.25, 0.3) is 0 Å². The summed E-state index contributed by atoms with van der Waals surface area (Å²) in [5.41, 5.74) is -0.491. The maximum atomic E-state index is 11.5. The molecule has 1 rings (SSSR count). The summed E-state index contributed by atoms with van der Waals surface area (Å²) in [6.07, 6.45) is 0. The van der Waals surface area contributed by atoms with Crippen LogP contribution in [0.5, 0.6) is 0 Å². The second-order valence-electron chi connectivity index (χ2n) is 3.18. The summed E-state index contributed by atoms with van der Waals surface area (Å²) in [6.45, 7) is 3.28. The number of hydrogen-bond donors (Lipinski definition) is 1. The van der Waals surface area contributed by atoms with Gasteiger partial charge in [-0.05, 0) is 36.4 Å². The monoisotopic (exact) mass is 321 g/mol. The van der Waals surface area contributed by atoms with Crippen molar-refractivity contribution in [1.29, 1.82) is 5.26 Å². The predicted octanol–water partition coefficient (Wildman–Crippen LogP) is 1.78. The molecule has 0 unspecified atom stereocenters. The Bertz CT molecular complexity index is 394. The Hall–Kier alpha value is -0.680. The largest absolute Gasteiger partial charge is 0.333 e. The molecule has 0 fully saturated rings. The predicted molar refractivity (Wildman–Crippen MR) is 62.0 cm³/mol. The molecule has 0 spiro atoms. The third-order valence-corrected chi connectivity index (χ3v) is 3.05. The molecule has 6 heteroatoms. The second kappa shape index (κ2) is 4.23. The number of nitrogens with one attached hydrogen (secondary N) is 1. The van der Waals surface area contributed by atoms with Crippen molar-refractivity contribution in [3.63, 3.8) is 0 Å². The first-order valence-electron chi connectivity index (χ1n) is 3.79. The first kappa shape index (κ1) is 11.4. The van der Waals surface area contributed by atoms with Gasteiger partial charge in [-0.2, -0.15) is 5.26 Å². The van der Waals surface area contributed by atoms with Gasteiger partial charge in [-0.1, -0.05) is 0 Å². The fraction of sp³-hybridized carbons (Fsp3) is 0.375. The highest BCUT2D eigenvalue weighted by atomic mass is 127. The van der Waals surface area contributed by atoms with Crippen LogP contribution in [0.2, 0.25) is 0 Å². The van der Waals surface area contributed by atoms with Crippen LogP contribution in [0.1, 0.15) is 24.3 Å². The summed E-state index contributed by atoms with van der Waals surface area (Å²) in [5.74, 6) is -0.310. The van der Waals surface area contributed by atoms with Crippen LogP contribution in [0.4, 0.5) is 0 Å². The van der Waals surface area contributed by atoms with Crippen LogP contribution >= 0.6 is 33.9 Å². The highest BCUT2D eigenvalue weighted by molar-refractivity contribution is 14.1. The van der Waals surface area contributed by atoms with Crippen LogP contribution in [-0.4, -0.2) is 16.4 Å². The highest BCUT2D eigenvalue weighted by Crippen LogP contribution is 2.12. The Morgan fingerprint density at radius 3 is 2.86 bits per heavy atom. The number of carbonyl (C=O) groups excluding carboxylic acids is 1. The molecule has 0 saturated carbocycles. The fourth-order valence-corrected chi connectivity index (χ4v) is 1.89. The van der Waals surface area contributed by atoms with Crippen LogP contribution < -0.4 is 5.32 Å². The number of hydrogen-bond acceptors (Lipinski definition) is 4. The van der Waals surface area contributed by atoms with Gasteiger partial charge in [0.2, 0.25) is 0 Å². The number of carbonyl (C=O) groups is 1. The molecule has 0 bridgehead atoms.